The molecule has 13 nitrogen and oxygen atoms in total. The van der Waals surface area contributed by atoms with Crippen molar-refractivity contribution >= 4 is 38.1 Å². The van der Waals surface area contributed by atoms with Gasteiger partial charge < -0.3 is 39.5 Å². The topological polar surface area (TPSA) is 196 Å². The van der Waals surface area contributed by atoms with Crippen LogP contribution in [0.3, 0.4) is 0 Å². The van der Waals surface area contributed by atoms with Gasteiger partial charge in [-0.25, -0.2) is 8.91 Å². The first kappa shape index (κ1) is 29.3. The number of hydrogen-bond acceptors (Lipinski definition) is 9. The Hall–Kier alpha value is -2.22. The van der Waals surface area contributed by atoms with E-state index < -0.39 is 63.0 Å². The van der Waals surface area contributed by atoms with Crippen molar-refractivity contribution in [2.24, 2.45) is 0 Å². The SMILES string of the molecule is C[C@H](Nc1nc(Cl)nn2c([C@]34CC=C[C@](COP(=O)(O)CP(=O)(O)O)(O3)[C@@H](O)[C@H]4O)ccc12)c1ccccc1F. The van der Waals surface area contributed by atoms with Crippen LogP contribution in [0.15, 0.2) is 48.6 Å². The van der Waals surface area contributed by atoms with Crippen molar-refractivity contribution in [3.05, 3.63) is 70.9 Å². The number of aliphatic hydroxyl groups is 2. The third-order valence-electron chi connectivity index (χ3n) is 6.97. The normalized spacial score (nSPS) is 28.5. The molecule has 3 aromatic rings. The summed E-state index contributed by atoms with van der Waals surface area (Å²) in [5.74, 6) is -1.58. The number of aliphatic hydroxyl groups excluding tert-OH is 2. The standard InChI is InChI=1S/C23H26ClFN4O9P2/c1-13(14-5-2-3-6-15(14)25)26-20-16-7-8-17(29(16)28-21(24)27-20)23-10-4-9-22(38-23,18(30)19(23)31)11-37-40(35,36)12-39(32,33)34/h2-9,13,18-19,30-31H,10-12H2,1H3,(H,35,36)(H,26,27,28)(H2,32,33,34)/t13-,18-,19+,22+,23-/m0/s1. The van der Waals surface area contributed by atoms with E-state index in [4.69, 9.17) is 30.6 Å². The van der Waals surface area contributed by atoms with Crippen LogP contribution in [0.5, 0.6) is 0 Å². The fourth-order valence-electron chi connectivity index (χ4n) is 5.16. The Labute approximate surface area is 231 Å². The molecule has 1 saturated heterocycles. The number of benzene rings is 1. The van der Waals surface area contributed by atoms with Gasteiger partial charge in [-0.05, 0) is 36.7 Å². The van der Waals surface area contributed by atoms with E-state index in [1.165, 1.54) is 16.7 Å². The molecule has 6 N–H and O–H groups in total. The summed E-state index contributed by atoms with van der Waals surface area (Å²) in [5.41, 5.74) is -2.41. The largest absolute Gasteiger partial charge is 0.387 e. The van der Waals surface area contributed by atoms with Gasteiger partial charge in [0.2, 0.25) is 5.28 Å². The average molecular weight is 619 g/mol. The molecule has 0 amide bonds. The second-order valence-corrected chi connectivity index (χ2v) is 14.1. The molecule has 216 valence electrons. The molecule has 17 heteroatoms. The lowest BCUT2D eigenvalue weighted by Gasteiger charge is -2.36. The lowest BCUT2D eigenvalue weighted by Crippen LogP contribution is -2.45. The molecule has 4 heterocycles. The number of halogens is 2. The fourth-order valence-corrected chi connectivity index (χ4v) is 7.92. The Balaban J connectivity index is 1.49. The molecular weight excluding hydrogens is 593 g/mol. The first-order chi connectivity index (χ1) is 18.7. The van der Waals surface area contributed by atoms with Gasteiger partial charge in [-0.2, -0.15) is 4.98 Å². The zero-order chi connectivity index (χ0) is 29.1. The van der Waals surface area contributed by atoms with Crippen LogP contribution in [0.2, 0.25) is 5.28 Å². The quantitative estimate of drug-likeness (QED) is 0.152. The predicted molar refractivity (Wildman–Crippen MR) is 140 cm³/mol. The number of ether oxygens (including phenoxy) is 1. The average Bonchev–Trinajstić information content (AvgIpc) is 3.35. The molecule has 2 bridgehead atoms. The van der Waals surface area contributed by atoms with Gasteiger partial charge in [0.25, 0.3) is 0 Å². The highest BCUT2D eigenvalue weighted by Gasteiger charge is 2.64. The fraction of sp³-hybridized carbons (Fsp3) is 0.391. The first-order valence-electron chi connectivity index (χ1n) is 12.0. The molecular formula is C23H26ClFN4O9P2. The van der Waals surface area contributed by atoms with Crippen molar-refractivity contribution in [2.75, 3.05) is 17.8 Å². The molecule has 2 aliphatic heterocycles. The summed E-state index contributed by atoms with van der Waals surface area (Å²) in [7, 11) is -9.68. The van der Waals surface area contributed by atoms with Gasteiger partial charge in [-0.15, -0.1) is 5.10 Å². The smallest absolute Gasteiger partial charge is 0.340 e. The minimum atomic E-state index is -4.89. The summed E-state index contributed by atoms with van der Waals surface area (Å²) >= 11 is 6.23. The Bertz CT molecular complexity index is 1580. The van der Waals surface area contributed by atoms with E-state index in [2.05, 4.69) is 15.4 Å². The number of fused-ring (bicyclic) bond motifs is 3. The van der Waals surface area contributed by atoms with Gasteiger partial charge in [-0.1, -0.05) is 30.4 Å². The van der Waals surface area contributed by atoms with E-state index >= 15 is 0 Å². The predicted octanol–water partition coefficient (Wildman–Crippen LogP) is 2.68. The van der Waals surface area contributed by atoms with Crippen molar-refractivity contribution in [1.29, 1.82) is 0 Å². The minimum absolute atomic E-state index is 0.0500. The summed E-state index contributed by atoms with van der Waals surface area (Å²) in [6.07, 6.45) is -0.257. The number of nitrogens with zero attached hydrogens (tertiary/aromatic N) is 3. The van der Waals surface area contributed by atoms with Crippen molar-refractivity contribution in [3.63, 3.8) is 0 Å². The van der Waals surface area contributed by atoms with Crippen LogP contribution in [0.1, 0.15) is 30.6 Å². The molecule has 0 spiro atoms. The van der Waals surface area contributed by atoms with Crippen molar-refractivity contribution in [3.8, 4) is 0 Å². The number of aromatic nitrogens is 3. The second kappa shape index (κ2) is 10.2. The van der Waals surface area contributed by atoms with Gasteiger partial charge in [0.05, 0.1) is 18.3 Å². The molecule has 2 aliphatic rings. The zero-order valence-corrected chi connectivity index (χ0v) is 23.4. The first-order valence-corrected chi connectivity index (χ1v) is 15.9. The number of hydrogen-bond donors (Lipinski definition) is 6. The molecule has 5 rings (SSSR count). The molecule has 1 fully saturated rings. The Morgan fingerprint density at radius 2 is 1.95 bits per heavy atom. The lowest BCUT2D eigenvalue weighted by atomic mass is 9.88. The van der Waals surface area contributed by atoms with Gasteiger partial charge in [0.15, 0.2) is 11.7 Å². The molecule has 1 aromatic carbocycles. The van der Waals surface area contributed by atoms with Gasteiger partial charge in [-0.3, -0.25) is 9.13 Å². The van der Waals surface area contributed by atoms with Crippen molar-refractivity contribution < 1.29 is 47.7 Å². The zero-order valence-electron chi connectivity index (χ0n) is 20.8. The molecule has 2 aromatic heterocycles. The van der Waals surface area contributed by atoms with Crippen molar-refractivity contribution in [1.82, 2.24) is 14.6 Å². The van der Waals surface area contributed by atoms with Crippen molar-refractivity contribution in [2.45, 2.75) is 42.8 Å². The molecule has 6 atom stereocenters. The highest BCUT2D eigenvalue weighted by atomic mass is 35.5. The third kappa shape index (κ3) is 5.25. The van der Waals surface area contributed by atoms with E-state index in [0.29, 0.717) is 11.1 Å². The molecule has 40 heavy (non-hydrogen) atoms. The molecule has 0 aliphatic carbocycles. The molecule has 0 saturated carbocycles. The maximum absolute atomic E-state index is 14.4. The lowest BCUT2D eigenvalue weighted by molar-refractivity contribution is -0.137. The minimum Gasteiger partial charge on any atom is -0.387 e. The Morgan fingerprint density at radius 3 is 2.65 bits per heavy atom. The van der Waals surface area contributed by atoms with Gasteiger partial charge in [0.1, 0.15) is 34.7 Å². The van der Waals surface area contributed by atoms with Crippen LogP contribution in [0, 0.1) is 5.82 Å². The van der Waals surface area contributed by atoms with E-state index in [-0.39, 0.29) is 23.2 Å². The van der Waals surface area contributed by atoms with Crippen LogP contribution in [0.4, 0.5) is 10.2 Å². The number of rotatable bonds is 9. The summed E-state index contributed by atoms with van der Waals surface area (Å²) in [6.45, 7) is 0.948. The maximum atomic E-state index is 14.4. The number of nitrogens with one attached hydrogen (secondary N) is 1. The van der Waals surface area contributed by atoms with E-state index in [0.717, 1.165) is 0 Å². The number of anilines is 1. The molecule has 0 radical (unpaired) electrons. The van der Waals surface area contributed by atoms with Gasteiger partial charge >= 0.3 is 15.2 Å². The van der Waals surface area contributed by atoms with Crippen LogP contribution >= 0.6 is 26.8 Å². The maximum Gasteiger partial charge on any atom is 0.340 e. The van der Waals surface area contributed by atoms with Crippen LogP contribution in [-0.2, 0) is 24.0 Å². The monoisotopic (exact) mass is 618 g/mol. The van der Waals surface area contributed by atoms with Crippen LogP contribution in [0.25, 0.3) is 5.52 Å². The second-order valence-electron chi connectivity index (χ2n) is 9.79. The highest BCUT2D eigenvalue weighted by molar-refractivity contribution is 7.70. The summed E-state index contributed by atoms with van der Waals surface area (Å²) in [5, 5.41) is 29.4. The summed E-state index contributed by atoms with van der Waals surface area (Å²) < 4.78 is 50.3. The van der Waals surface area contributed by atoms with E-state index in [1.807, 2.05) is 0 Å². The summed E-state index contributed by atoms with van der Waals surface area (Å²) in [4.78, 5) is 32.3. The van der Waals surface area contributed by atoms with Crippen LogP contribution < -0.4 is 5.32 Å². The van der Waals surface area contributed by atoms with Crippen LogP contribution in [-0.4, -0.2) is 69.8 Å². The van der Waals surface area contributed by atoms with E-state index in [1.54, 1.807) is 43.3 Å². The molecule has 1 unspecified atom stereocenters. The Kier molecular flexibility index (Phi) is 7.50. The summed E-state index contributed by atoms with van der Waals surface area (Å²) in [6, 6.07) is 8.92. The van der Waals surface area contributed by atoms with E-state index in [9.17, 15) is 28.6 Å². The third-order valence-corrected chi connectivity index (χ3v) is 10.6. The Morgan fingerprint density at radius 1 is 1.23 bits per heavy atom. The van der Waals surface area contributed by atoms with Gasteiger partial charge in [0, 0.05) is 12.0 Å². The highest BCUT2D eigenvalue weighted by Crippen LogP contribution is 2.58.